The van der Waals surface area contributed by atoms with Gasteiger partial charge >= 0.3 is 0 Å². The van der Waals surface area contributed by atoms with Gasteiger partial charge in [-0.3, -0.25) is 4.18 Å². The Hall–Kier alpha value is -0.910. The maximum Gasteiger partial charge on any atom is 0.296 e. The number of ether oxygens (including phenoxy) is 1. The third kappa shape index (κ3) is 3.53. The molecule has 3 atom stereocenters. The molecule has 22 heavy (non-hydrogen) atoms. The summed E-state index contributed by atoms with van der Waals surface area (Å²) in [5, 5.41) is 0. The van der Waals surface area contributed by atoms with Gasteiger partial charge in [0.2, 0.25) is 0 Å². The first kappa shape index (κ1) is 16.0. The average molecular weight is 324 g/mol. The predicted molar refractivity (Wildman–Crippen MR) is 84.2 cm³/mol. The van der Waals surface area contributed by atoms with Crippen molar-refractivity contribution in [3.05, 3.63) is 29.8 Å². The lowest BCUT2D eigenvalue weighted by atomic mass is 9.86. The highest BCUT2D eigenvalue weighted by molar-refractivity contribution is 7.86. The van der Waals surface area contributed by atoms with Crippen molar-refractivity contribution in [2.24, 2.45) is 5.92 Å². The SMILES string of the molecule is Cc1ccc(S(=O)(=O)OCCC2CC3CCC(C)(C2)O3)cc1. The molecular formula is C17H24O4S. The van der Waals surface area contributed by atoms with E-state index < -0.39 is 10.1 Å². The molecule has 122 valence electrons. The van der Waals surface area contributed by atoms with Crippen LogP contribution < -0.4 is 0 Å². The molecule has 1 aromatic carbocycles. The number of benzene rings is 1. The molecule has 0 amide bonds. The van der Waals surface area contributed by atoms with Crippen LogP contribution in [0.4, 0.5) is 0 Å². The zero-order valence-electron chi connectivity index (χ0n) is 13.2. The molecule has 5 heteroatoms. The molecule has 0 aliphatic carbocycles. The zero-order valence-corrected chi connectivity index (χ0v) is 14.1. The van der Waals surface area contributed by atoms with Crippen molar-refractivity contribution in [1.82, 2.24) is 0 Å². The average Bonchev–Trinajstić information content (AvgIpc) is 2.72. The first-order valence-electron chi connectivity index (χ1n) is 8.00. The van der Waals surface area contributed by atoms with Crippen LogP contribution in [0.3, 0.4) is 0 Å². The van der Waals surface area contributed by atoms with Crippen LogP contribution in [0.5, 0.6) is 0 Å². The summed E-state index contributed by atoms with van der Waals surface area (Å²) in [5.74, 6) is 0.500. The Bertz CT molecular complexity index is 623. The Morgan fingerprint density at radius 2 is 2.05 bits per heavy atom. The predicted octanol–water partition coefficient (Wildman–Crippen LogP) is 3.44. The van der Waals surface area contributed by atoms with Crippen molar-refractivity contribution in [2.45, 2.75) is 62.6 Å². The third-order valence-corrected chi connectivity index (χ3v) is 6.16. The van der Waals surface area contributed by atoms with Crippen LogP contribution in [0.1, 0.15) is 44.6 Å². The van der Waals surface area contributed by atoms with E-state index in [-0.39, 0.29) is 17.1 Å². The minimum absolute atomic E-state index is 0.00339. The molecular weight excluding hydrogens is 300 g/mol. The van der Waals surface area contributed by atoms with E-state index in [1.54, 1.807) is 24.3 Å². The quantitative estimate of drug-likeness (QED) is 0.779. The summed E-state index contributed by atoms with van der Waals surface area (Å²) in [5.41, 5.74) is 1.04. The Kier molecular flexibility index (Phi) is 4.32. The Labute approximate surface area is 132 Å². The van der Waals surface area contributed by atoms with E-state index in [4.69, 9.17) is 8.92 Å². The summed E-state index contributed by atoms with van der Waals surface area (Å²) in [6, 6.07) is 6.77. The second-order valence-electron chi connectivity index (χ2n) is 6.91. The first-order valence-corrected chi connectivity index (χ1v) is 9.41. The number of fused-ring (bicyclic) bond motifs is 2. The monoisotopic (exact) mass is 324 g/mol. The second kappa shape index (κ2) is 5.95. The number of rotatable bonds is 5. The van der Waals surface area contributed by atoms with Crippen molar-refractivity contribution in [2.75, 3.05) is 6.61 Å². The van der Waals surface area contributed by atoms with Crippen LogP contribution in [-0.2, 0) is 19.0 Å². The molecule has 2 aliphatic heterocycles. The Morgan fingerprint density at radius 3 is 2.73 bits per heavy atom. The molecule has 3 rings (SSSR count). The van der Waals surface area contributed by atoms with Gasteiger partial charge in [-0.1, -0.05) is 17.7 Å². The van der Waals surface area contributed by atoms with Crippen molar-refractivity contribution in [3.8, 4) is 0 Å². The maximum atomic E-state index is 12.1. The topological polar surface area (TPSA) is 52.6 Å². The van der Waals surface area contributed by atoms with E-state index in [0.29, 0.717) is 12.0 Å². The highest BCUT2D eigenvalue weighted by atomic mass is 32.2. The fourth-order valence-corrected chi connectivity index (χ4v) is 4.61. The molecule has 0 aromatic heterocycles. The van der Waals surface area contributed by atoms with Gasteiger partial charge < -0.3 is 4.74 Å². The van der Waals surface area contributed by atoms with E-state index in [0.717, 1.165) is 37.7 Å². The van der Waals surface area contributed by atoms with Gasteiger partial charge in [0.1, 0.15) is 0 Å². The lowest BCUT2D eigenvalue weighted by Crippen LogP contribution is -2.34. The summed E-state index contributed by atoms with van der Waals surface area (Å²) < 4.78 is 35.5. The van der Waals surface area contributed by atoms with Crippen LogP contribution in [0, 0.1) is 12.8 Å². The van der Waals surface area contributed by atoms with Gasteiger partial charge in [0.25, 0.3) is 10.1 Å². The van der Waals surface area contributed by atoms with Gasteiger partial charge in [-0.05, 0) is 64.0 Å². The van der Waals surface area contributed by atoms with Gasteiger partial charge in [0.15, 0.2) is 0 Å². The van der Waals surface area contributed by atoms with Crippen molar-refractivity contribution < 1.29 is 17.3 Å². The fraction of sp³-hybridized carbons (Fsp3) is 0.647. The number of aryl methyl sites for hydroxylation is 1. The van der Waals surface area contributed by atoms with Crippen LogP contribution in [0.2, 0.25) is 0 Å². The van der Waals surface area contributed by atoms with E-state index in [1.165, 1.54) is 0 Å². The van der Waals surface area contributed by atoms with E-state index >= 15 is 0 Å². The lowest BCUT2D eigenvalue weighted by molar-refractivity contribution is -0.0874. The molecule has 2 aliphatic rings. The molecule has 2 heterocycles. The largest absolute Gasteiger partial charge is 0.372 e. The van der Waals surface area contributed by atoms with Gasteiger partial charge in [0.05, 0.1) is 23.2 Å². The van der Waals surface area contributed by atoms with Crippen LogP contribution in [-0.4, -0.2) is 26.7 Å². The second-order valence-corrected chi connectivity index (χ2v) is 8.53. The Balaban J connectivity index is 1.53. The first-order chi connectivity index (χ1) is 10.4. The standard InChI is InChI=1S/C17H24O4S/c1-13-3-5-16(6-4-13)22(18,19)20-10-8-14-11-15-7-9-17(2,12-14)21-15/h3-6,14-15H,7-12H2,1-2H3. The lowest BCUT2D eigenvalue weighted by Gasteiger charge is -2.35. The van der Waals surface area contributed by atoms with Gasteiger partial charge in [-0.15, -0.1) is 0 Å². The van der Waals surface area contributed by atoms with Crippen LogP contribution >= 0.6 is 0 Å². The number of hydrogen-bond acceptors (Lipinski definition) is 4. The van der Waals surface area contributed by atoms with Crippen molar-refractivity contribution in [3.63, 3.8) is 0 Å². The van der Waals surface area contributed by atoms with Gasteiger partial charge in [-0.25, -0.2) is 0 Å². The van der Waals surface area contributed by atoms with E-state index in [9.17, 15) is 8.42 Å². The highest BCUT2D eigenvalue weighted by Gasteiger charge is 2.43. The fourth-order valence-electron chi connectivity index (χ4n) is 3.69. The third-order valence-electron chi connectivity index (χ3n) is 4.84. The summed E-state index contributed by atoms with van der Waals surface area (Å²) in [7, 11) is -3.64. The zero-order chi connectivity index (χ0) is 15.8. The van der Waals surface area contributed by atoms with Crippen molar-refractivity contribution >= 4 is 10.1 Å². The van der Waals surface area contributed by atoms with Crippen LogP contribution in [0.25, 0.3) is 0 Å². The molecule has 0 saturated carbocycles. The molecule has 0 radical (unpaired) electrons. The molecule has 2 bridgehead atoms. The molecule has 1 aromatic rings. The van der Waals surface area contributed by atoms with E-state index in [2.05, 4.69) is 6.92 Å². The Morgan fingerprint density at radius 1 is 1.32 bits per heavy atom. The minimum atomic E-state index is -3.64. The summed E-state index contributed by atoms with van der Waals surface area (Å²) in [4.78, 5) is 0.233. The molecule has 2 fully saturated rings. The summed E-state index contributed by atoms with van der Waals surface area (Å²) in [6.45, 7) is 4.35. The summed E-state index contributed by atoms with van der Waals surface area (Å²) >= 11 is 0. The molecule has 4 nitrogen and oxygen atoms in total. The normalized spacial score (nSPS) is 31.4. The molecule has 2 saturated heterocycles. The number of hydrogen-bond donors (Lipinski definition) is 0. The molecule has 0 spiro atoms. The highest BCUT2D eigenvalue weighted by Crippen LogP contribution is 2.44. The van der Waals surface area contributed by atoms with Gasteiger partial charge in [-0.2, -0.15) is 8.42 Å². The van der Waals surface area contributed by atoms with E-state index in [1.807, 2.05) is 6.92 Å². The summed E-state index contributed by atoms with van der Waals surface area (Å²) in [6.07, 6.45) is 5.44. The van der Waals surface area contributed by atoms with Crippen LogP contribution in [0.15, 0.2) is 29.2 Å². The van der Waals surface area contributed by atoms with Crippen molar-refractivity contribution in [1.29, 1.82) is 0 Å². The maximum absolute atomic E-state index is 12.1. The smallest absolute Gasteiger partial charge is 0.296 e. The molecule has 0 N–H and O–H groups in total. The molecule has 3 unspecified atom stereocenters. The van der Waals surface area contributed by atoms with Gasteiger partial charge in [0, 0.05) is 0 Å². The minimum Gasteiger partial charge on any atom is -0.372 e.